The van der Waals surface area contributed by atoms with E-state index < -0.39 is 10.8 Å². The van der Waals surface area contributed by atoms with Crippen LogP contribution in [0.3, 0.4) is 0 Å². The van der Waals surface area contributed by atoms with Crippen LogP contribution in [0.25, 0.3) is 44.2 Å². The molecule has 0 radical (unpaired) electrons. The molecule has 0 unspecified atom stereocenters. The van der Waals surface area contributed by atoms with E-state index in [4.69, 9.17) is 0 Å². The molecule has 0 atom stereocenters. The number of rotatable bonds is 9. The molecule has 348 valence electrons. The average molecular weight is 934 g/mol. The molecular weight excluding hydrogens is 879 g/mol. The molecule has 1 nitrogen and oxygen atoms in total. The molecular formula is C72H55N. The molecule has 0 saturated heterocycles. The number of hydrogen-bond donors (Lipinski definition) is 0. The number of fused-ring (bicyclic) bond motifs is 7. The maximum atomic E-state index is 2.63. The van der Waals surface area contributed by atoms with E-state index in [1.165, 1.54) is 126 Å². The van der Waals surface area contributed by atoms with Crippen molar-refractivity contribution in [1.82, 2.24) is 0 Å². The lowest BCUT2D eigenvalue weighted by Gasteiger charge is -2.36. The average Bonchev–Trinajstić information content (AvgIpc) is 3.95. The zero-order chi connectivity index (χ0) is 48.3. The summed E-state index contributed by atoms with van der Waals surface area (Å²) in [5.41, 5.74) is 21.5. The number of hydrogen-bond acceptors (Lipinski definition) is 1. The molecule has 0 amide bonds. The molecule has 11 aromatic carbocycles. The van der Waals surface area contributed by atoms with Crippen molar-refractivity contribution < 1.29 is 0 Å². The van der Waals surface area contributed by atoms with Crippen molar-refractivity contribution in [1.29, 1.82) is 0 Å². The third-order valence-corrected chi connectivity index (χ3v) is 16.8. The molecule has 0 bridgehead atoms. The lowest BCUT2D eigenvalue weighted by Crippen LogP contribution is -2.29. The topological polar surface area (TPSA) is 3.24 Å². The van der Waals surface area contributed by atoms with Crippen LogP contribution in [0.5, 0.6) is 0 Å². The van der Waals surface area contributed by atoms with Gasteiger partial charge < -0.3 is 4.90 Å². The minimum atomic E-state index is -0.568. The van der Waals surface area contributed by atoms with Crippen LogP contribution < -0.4 is 4.90 Å². The highest BCUT2D eigenvalue weighted by molar-refractivity contribution is 6.05. The third-order valence-electron chi connectivity index (χ3n) is 16.8. The predicted molar refractivity (Wildman–Crippen MR) is 305 cm³/mol. The van der Waals surface area contributed by atoms with E-state index in [0.29, 0.717) is 5.92 Å². The first-order chi connectivity index (χ1) is 36.3. The Bertz CT molecular complexity index is 3750. The molecule has 0 N–H and O–H groups in total. The lowest BCUT2D eigenvalue weighted by atomic mass is 9.67. The van der Waals surface area contributed by atoms with Gasteiger partial charge in [0.15, 0.2) is 0 Å². The molecule has 11 aromatic rings. The standard InChI is InChI=1S/C72H55N/c1-6-25-50(26-7-1)57-40-22-27-51-28-23-41-61(69(51)57)60-38-18-21-45-67(60)73(56-47-48-59-58-37-16-19-42-63(58)72(66(59)49-56,54-33-12-4-13-34-54)55-35-14-5-15-36-55)68-46-24-44-65-70(68)62-39-17-20-43-64(62)71(65,52-29-8-2-9-30-52)53-31-10-3-11-32-53/h2-5,8-24,27-50H,1,6-7,25-26H2. The number of benzene rings is 11. The molecule has 1 heteroatoms. The van der Waals surface area contributed by atoms with Gasteiger partial charge in [0, 0.05) is 16.8 Å². The van der Waals surface area contributed by atoms with Crippen LogP contribution >= 0.6 is 0 Å². The highest BCUT2D eigenvalue weighted by atomic mass is 15.1. The van der Waals surface area contributed by atoms with Gasteiger partial charge in [-0.05, 0) is 126 Å². The number of anilines is 3. The van der Waals surface area contributed by atoms with Gasteiger partial charge in [0.25, 0.3) is 0 Å². The minimum Gasteiger partial charge on any atom is -0.309 e. The van der Waals surface area contributed by atoms with Crippen molar-refractivity contribution >= 4 is 27.8 Å². The van der Waals surface area contributed by atoms with Crippen LogP contribution in [0, 0.1) is 0 Å². The van der Waals surface area contributed by atoms with Crippen LogP contribution in [-0.4, -0.2) is 0 Å². The second-order valence-corrected chi connectivity index (χ2v) is 20.4. The van der Waals surface area contributed by atoms with Crippen LogP contribution in [0.1, 0.15) is 88.1 Å². The summed E-state index contributed by atoms with van der Waals surface area (Å²) in [6.07, 6.45) is 6.38. The Labute approximate surface area is 429 Å². The fourth-order valence-corrected chi connectivity index (χ4v) is 13.9. The van der Waals surface area contributed by atoms with E-state index in [2.05, 4.69) is 272 Å². The summed E-state index contributed by atoms with van der Waals surface area (Å²) in [5, 5.41) is 2.69. The van der Waals surface area contributed by atoms with E-state index in [1.54, 1.807) is 0 Å². The smallest absolute Gasteiger partial charge is 0.0714 e. The van der Waals surface area contributed by atoms with Gasteiger partial charge in [-0.1, -0.05) is 262 Å². The molecule has 0 heterocycles. The summed E-state index contributed by atoms with van der Waals surface area (Å²) < 4.78 is 0. The quantitative estimate of drug-likeness (QED) is 0.139. The summed E-state index contributed by atoms with van der Waals surface area (Å²) in [5.74, 6) is 0.544. The van der Waals surface area contributed by atoms with E-state index in [1.807, 2.05) is 0 Å². The van der Waals surface area contributed by atoms with Gasteiger partial charge in [-0.25, -0.2) is 0 Å². The zero-order valence-electron chi connectivity index (χ0n) is 41.0. The van der Waals surface area contributed by atoms with Gasteiger partial charge in [-0.2, -0.15) is 0 Å². The van der Waals surface area contributed by atoms with Gasteiger partial charge in [0.2, 0.25) is 0 Å². The van der Waals surface area contributed by atoms with Gasteiger partial charge in [-0.3, -0.25) is 0 Å². The van der Waals surface area contributed by atoms with E-state index in [9.17, 15) is 0 Å². The fourth-order valence-electron chi connectivity index (χ4n) is 13.9. The summed E-state index contributed by atoms with van der Waals surface area (Å²) in [7, 11) is 0. The largest absolute Gasteiger partial charge is 0.309 e. The Morgan fingerprint density at radius 3 is 1.40 bits per heavy atom. The summed E-state index contributed by atoms with van der Waals surface area (Å²) in [4.78, 5) is 2.63. The Morgan fingerprint density at radius 1 is 0.315 bits per heavy atom. The van der Waals surface area contributed by atoms with Crippen molar-refractivity contribution in [2.75, 3.05) is 4.90 Å². The molecule has 1 saturated carbocycles. The predicted octanol–water partition coefficient (Wildman–Crippen LogP) is 18.8. The summed E-state index contributed by atoms with van der Waals surface area (Å²) >= 11 is 0. The van der Waals surface area contributed by atoms with Gasteiger partial charge in [0.1, 0.15) is 0 Å². The molecule has 1 fully saturated rings. The van der Waals surface area contributed by atoms with Crippen LogP contribution in [0.4, 0.5) is 17.1 Å². The monoisotopic (exact) mass is 933 g/mol. The maximum Gasteiger partial charge on any atom is 0.0714 e. The molecule has 3 aliphatic carbocycles. The van der Waals surface area contributed by atoms with Crippen molar-refractivity contribution in [2.45, 2.75) is 48.9 Å². The molecule has 73 heavy (non-hydrogen) atoms. The lowest BCUT2D eigenvalue weighted by molar-refractivity contribution is 0.445. The highest BCUT2D eigenvalue weighted by Gasteiger charge is 2.49. The SMILES string of the molecule is c1ccc(C2(c3ccccc3)c3ccccc3-c3ccc(N(c4ccccc4-c4cccc5cccc(C6CCCCC6)c45)c4cccc5c4-c4ccccc4C5(c4ccccc4)c4ccccc4)cc32)cc1. The Hall–Kier alpha value is -8.52. The second-order valence-electron chi connectivity index (χ2n) is 20.4. The van der Waals surface area contributed by atoms with E-state index >= 15 is 0 Å². The third kappa shape index (κ3) is 6.54. The van der Waals surface area contributed by atoms with E-state index in [-0.39, 0.29) is 0 Å². The second kappa shape index (κ2) is 17.7. The Kier molecular flexibility index (Phi) is 10.5. The van der Waals surface area contributed by atoms with Gasteiger partial charge in [0.05, 0.1) is 22.2 Å². The normalized spacial score (nSPS) is 15.0. The summed E-state index contributed by atoms with van der Waals surface area (Å²) in [6, 6.07) is 101. The fraction of sp³-hybridized carbons (Fsp3) is 0.111. The van der Waals surface area contributed by atoms with Gasteiger partial charge >= 0.3 is 0 Å². The molecule has 0 spiro atoms. The number of nitrogens with zero attached hydrogens (tertiary/aromatic N) is 1. The summed E-state index contributed by atoms with van der Waals surface area (Å²) in [6.45, 7) is 0. The van der Waals surface area contributed by atoms with Crippen molar-refractivity contribution in [2.24, 2.45) is 0 Å². The van der Waals surface area contributed by atoms with Crippen molar-refractivity contribution in [3.8, 4) is 33.4 Å². The number of para-hydroxylation sites is 1. The maximum absolute atomic E-state index is 2.63. The Morgan fingerprint density at radius 2 is 0.767 bits per heavy atom. The van der Waals surface area contributed by atoms with Gasteiger partial charge in [-0.15, -0.1) is 0 Å². The molecule has 0 aliphatic heterocycles. The first kappa shape index (κ1) is 43.3. The first-order valence-corrected chi connectivity index (χ1v) is 26.4. The van der Waals surface area contributed by atoms with E-state index in [0.717, 1.165) is 17.1 Å². The van der Waals surface area contributed by atoms with Crippen LogP contribution in [-0.2, 0) is 10.8 Å². The minimum absolute atomic E-state index is 0.544. The van der Waals surface area contributed by atoms with Crippen LogP contribution in [0.15, 0.2) is 267 Å². The highest BCUT2D eigenvalue weighted by Crippen LogP contribution is 2.62. The molecule has 0 aromatic heterocycles. The zero-order valence-corrected chi connectivity index (χ0v) is 41.0. The first-order valence-electron chi connectivity index (χ1n) is 26.4. The van der Waals surface area contributed by atoms with Crippen molar-refractivity contribution in [3.63, 3.8) is 0 Å². The molecule has 3 aliphatic rings. The Balaban J connectivity index is 1.10. The molecule has 14 rings (SSSR count). The van der Waals surface area contributed by atoms with Crippen LogP contribution in [0.2, 0.25) is 0 Å². The van der Waals surface area contributed by atoms with Crippen molar-refractivity contribution in [3.05, 3.63) is 317 Å².